The Morgan fingerprint density at radius 2 is 1.70 bits per heavy atom. The number of rotatable bonds is 9. The Morgan fingerprint density at radius 3 is 2.30 bits per heavy atom. The second-order valence-corrected chi connectivity index (χ2v) is 9.45. The number of likely N-dealkylation sites (tertiary alicyclic amines) is 1. The standard InChI is InChI=1S/C24H30N2O2S2/c1-18(8-13-27-23-5-3-2-4-22(23)25)26-11-6-21(7-12-26)28-24(19-9-14-29-16-19)20-10-15-30-17-20/h2-5,9-10,14-18,21,24H,6-8,11-13,25H2,1H3. The Hall–Kier alpha value is -1.86. The van der Waals surface area contributed by atoms with Gasteiger partial charge < -0.3 is 20.1 Å². The fourth-order valence-corrected chi connectivity index (χ4v) is 5.32. The number of anilines is 1. The summed E-state index contributed by atoms with van der Waals surface area (Å²) in [5, 5.41) is 8.68. The smallest absolute Gasteiger partial charge is 0.142 e. The van der Waals surface area contributed by atoms with Crippen LogP contribution in [0.3, 0.4) is 0 Å². The third-order valence-corrected chi connectivity index (χ3v) is 7.24. The van der Waals surface area contributed by atoms with Crippen LogP contribution in [0.2, 0.25) is 0 Å². The molecular weight excluding hydrogens is 412 g/mol. The molecule has 2 aromatic heterocycles. The van der Waals surface area contributed by atoms with Crippen molar-refractivity contribution in [2.75, 3.05) is 25.4 Å². The van der Waals surface area contributed by atoms with Crippen molar-refractivity contribution < 1.29 is 9.47 Å². The van der Waals surface area contributed by atoms with Gasteiger partial charge in [-0.1, -0.05) is 12.1 Å². The molecule has 0 amide bonds. The topological polar surface area (TPSA) is 47.7 Å². The Morgan fingerprint density at radius 1 is 1.03 bits per heavy atom. The van der Waals surface area contributed by atoms with Crippen LogP contribution in [-0.2, 0) is 4.74 Å². The van der Waals surface area contributed by atoms with Gasteiger partial charge in [0.15, 0.2) is 0 Å². The van der Waals surface area contributed by atoms with Crippen LogP contribution < -0.4 is 10.5 Å². The van der Waals surface area contributed by atoms with Crippen molar-refractivity contribution in [2.24, 2.45) is 0 Å². The predicted molar refractivity (Wildman–Crippen MR) is 127 cm³/mol. The number of hydrogen-bond acceptors (Lipinski definition) is 6. The number of benzene rings is 1. The second-order valence-electron chi connectivity index (χ2n) is 7.89. The molecule has 0 radical (unpaired) electrons. The van der Waals surface area contributed by atoms with Gasteiger partial charge in [-0.15, -0.1) is 0 Å². The summed E-state index contributed by atoms with van der Waals surface area (Å²) in [5.74, 6) is 0.782. The molecule has 1 aliphatic heterocycles. The molecule has 6 heteroatoms. The average Bonchev–Trinajstić information content (AvgIpc) is 3.48. The normalized spacial score (nSPS) is 16.7. The zero-order valence-electron chi connectivity index (χ0n) is 17.4. The zero-order chi connectivity index (χ0) is 20.8. The average molecular weight is 443 g/mol. The van der Waals surface area contributed by atoms with E-state index in [1.807, 2.05) is 24.3 Å². The summed E-state index contributed by atoms with van der Waals surface area (Å²) in [7, 11) is 0. The molecule has 1 unspecified atom stereocenters. The van der Waals surface area contributed by atoms with Crippen molar-refractivity contribution in [1.29, 1.82) is 0 Å². The van der Waals surface area contributed by atoms with E-state index in [2.05, 4.69) is 45.5 Å². The summed E-state index contributed by atoms with van der Waals surface area (Å²) in [6.07, 6.45) is 3.50. The minimum absolute atomic E-state index is 0.0567. The van der Waals surface area contributed by atoms with Gasteiger partial charge in [0, 0.05) is 19.1 Å². The molecule has 4 rings (SSSR count). The molecule has 1 aliphatic rings. The van der Waals surface area contributed by atoms with Crippen LogP contribution in [-0.4, -0.2) is 36.7 Å². The van der Waals surface area contributed by atoms with E-state index >= 15 is 0 Å². The minimum Gasteiger partial charge on any atom is -0.491 e. The molecule has 3 aromatic rings. The third-order valence-electron chi connectivity index (χ3n) is 5.83. The van der Waals surface area contributed by atoms with Gasteiger partial charge >= 0.3 is 0 Å². The van der Waals surface area contributed by atoms with Crippen molar-refractivity contribution in [2.45, 2.75) is 44.4 Å². The molecule has 0 bridgehead atoms. The fraction of sp³-hybridized carbons (Fsp3) is 0.417. The quantitative estimate of drug-likeness (QED) is 0.424. The van der Waals surface area contributed by atoms with E-state index in [-0.39, 0.29) is 6.10 Å². The van der Waals surface area contributed by atoms with Gasteiger partial charge in [0.2, 0.25) is 0 Å². The first-order valence-electron chi connectivity index (χ1n) is 10.6. The highest BCUT2D eigenvalue weighted by atomic mass is 32.1. The van der Waals surface area contributed by atoms with Gasteiger partial charge in [-0.25, -0.2) is 0 Å². The number of piperidine rings is 1. The zero-order valence-corrected chi connectivity index (χ0v) is 19.0. The first kappa shape index (κ1) is 21.4. The first-order valence-corrected chi connectivity index (χ1v) is 12.5. The van der Waals surface area contributed by atoms with Crippen LogP contribution in [0.4, 0.5) is 5.69 Å². The number of hydrogen-bond donors (Lipinski definition) is 1. The summed E-state index contributed by atoms with van der Waals surface area (Å²) < 4.78 is 12.5. The van der Waals surface area contributed by atoms with Gasteiger partial charge in [0.25, 0.3) is 0 Å². The number of nitrogen functional groups attached to an aromatic ring is 1. The lowest BCUT2D eigenvalue weighted by Crippen LogP contribution is -2.43. The third kappa shape index (κ3) is 5.43. The van der Waals surface area contributed by atoms with Crippen LogP contribution in [0.25, 0.3) is 0 Å². The molecule has 0 spiro atoms. The molecule has 2 N–H and O–H groups in total. The number of nitrogens with two attached hydrogens (primary N) is 1. The summed E-state index contributed by atoms with van der Waals surface area (Å²) in [6, 6.07) is 12.6. The molecule has 4 nitrogen and oxygen atoms in total. The van der Waals surface area contributed by atoms with Crippen molar-refractivity contribution >= 4 is 28.4 Å². The van der Waals surface area contributed by atoms with Crippen molar-refractivity contribution in [3.63, 3.8) is 0 Å². The summed E-state index contributed by atoms with van der Waals surface area (Å²) in [5.41, 5.74) is 9.20. The van der Waals surface area contributed by atoms with Gasteiger partial charge in [-0.05, 0) is 83.1 Å². The Labute approximate surface area is 187 Å². The molecule has 0 aliphatic carbocycles. The van der Waals surface area contributed by atoms with Crippen LogP contribution in [0.15, 0.2) is 57.9 Å². The van der Waals surface area contributed by atoms with Crippen LogP contribution in [0.5, 0.6) is 5.75 Å². The van der Waals surface area contributed by atoms with Gasteiger partial charge in [-0.3, -0.25) is 0 Å². The van der Waals surface area contributed by atoms with E-state index < -0.39 is 0 Å². The SMILES string of the molecule is CC(CCOc1ccccc1N)N1CCC(OC(c2ccsc2)c2ccsc2)CC1. The highest BCUT2D eigenvalue weighted by Crippen LogP contribution is 2.32. The molecule has 1 fully saturated rings. The number of nitrogens with zero attached hydrogens (tertiary/aromatic N) is 1. The number of thiophene rings is 2. The fourth-order valence-electron chi connectivity index (χ4n) is 3.98. The van der Waals surface area contributed by atoms with Gasteiger partial charge in [-0.2, -0.15) is 22.7 Å². The Kier molecular flexibility index (Phi) is 7.44. The molecular formula is C24H30N2O2S2. The highest BCUT2D eigenvalue weighted by molar-refractivity contribution is 7.08. The Balaban J connectivity index is 1.24. The summed E-state index contributed by atoms with van der Waals surface area (Å²) in [4.78, 5) is 2.56. The van der Waals surface area contributed by atoms with Crippen LogP contribution >= 0.6 is 22.7 Å². The van der Waals surface area contributed by atoms with Gasteiger partial charge in [0.05, 0.1) is 18.4 Å². The van der Waals surface area contributed by atoms with Crippen LogP contribution in [0, 0.1) is 0 Å². The lowest BCUT2D eigenvalue weighted by atomic mass is 10.0. The first-order chi connectivity index (χ1) is 14.7. The van der Waals surface area contributed by atoms with E-state index in [1.54, 1.807) is 22.7 Å². The van der Waals surface area contributed by atoms with Crippen molar-refractivity contribution in [3.05, 3.63) is 69.0 Å². The van der Waals surface area contributed by atoms with E-state index in [1.165, 1.54) is 11.1 Å². The molecule has 0 saturated carbocycles. The largest absolute Gasteiger partial charge is 0.491 e. The summed E-state index contributed by atoms with van der Waals surface area (Å²) in [6.45, 7) is 5.11. The number of para-hydroxylation sites is 2. The van der Waals surface area contributed by atoms with Crippen molar-refractivity contribution in [3.8, 4) is 5.75 Å². The molecule has 160 valence electrons. The van der Waals surface area contributed by atoms with E-state index in [0.29, 0.717) is 24.4 Å². The number of ether oxygens (including phenoxy) is 2. The van der Waals surface area contributed by atoms with Gasteiger partial charge in [0.1, 0.15) is 11.9 Å². The molecule has 30 heavy (non-hydrogen) atoms. The highest BCUT2D eigenvalue weighted by Gasteiger charge is 2.27. The molecule has 1 aromatic carbocycles. The predicted octanol–water partition coefficient (Wildman–Crippen LogP) is 5.82. The van der Waals surface area contributed by atoms with Crippen LogP contribution in [0.1, 0.15) is 43.4 Å². The maximum Gasteiger partial charge on any atom is 0.142 e. The maximum atomic E-state index is 6.61. The van der Waals surface area contributed by atoms with Crippen molar-refractivity contribution in [1.82, 2.24) is 4.90 Å². The Bertz CT molecular complexity index is 840. The molecule has 1 atom stereocenters. The van der Waals surface area contributed by atoms with E-state index in [4.69, 9.17) is 15.2 Å². The lowest BCUT2D eigenvalue weighted by Gasteiger charge is -2.37. The summed E-state index contributed by atoms with van der Waals surface area (Å²) >= 11 is 3.47. The lowest BCUT2D eigenvalue weighted by molar-refractivity contribution is -0.0330. The minimum atomic E-state index is 0.0567. The molecule has 1 saturated heterocycles. The molecule has 3 heterocycles. The second kappa shape index (κ2) is 10.4. The van der Waals surface area contributed by atoms with E-state index in [0.717, 1.165) is 38.1 Å². The monoisotopic (exact) mass is 442 g/mol. The maximum absolute atomic E-state index is 6.61. The van der Waals surface area contributed by atoms with E-state index in [9.17, 15) is 0 Å².